The second kappa shape index (κ2) is 10.2. The third-order valence-electron chi connectivity index (χ3n) is 4.99. The van der Waals surface area contributed by atoms with Gasteiger partial charge < -0.3 is 4.42 Å². The number of nitrogens with zero attached hydrogens (tertiary/aromatic N) is 2. The molecule has 166 valence electrons. The van der Waals surface area contributed by atoms with Gasteiger partial charge in [-0.25, -0.2) is 13.1 Å². The lowest BCUT2D eigenvalue weighted by atomic mass is 10.0. The molecule has 3 aromatic carbocycles. The molecule has 1 heterocycles. The van der Waals surface area contributed by atoms with E-state index in [2.05, 4.69) is 14.9 Å². The van der Waals surface area contributed by atoms with E-state index in [1.165, 1.54) is 6.26 Å². The van der Waals surface area contributed by atoms with Crippen LogP contribution >= 0.6 is 0 Å². The topological polar surface area (TPSA) is 84.0 Å². The van der Waals surface area contributed by atoms with Crippen LogP contribution in [-0.4, -0.2) is 19.8 Å². The summed E-state index contributed by atoms with van der Waals surface area (Å²) in [5.41, 5.74) is 4.14. The van der Waals surface area contributed by atoms with Crippen molar-refractivity contribution in [1.29, 1.82) is 0 Å². The molecule has 4 aromatic rings. The zero-order valence-electron chi connectivity index (χ0n) is 18.0. The van der Waals surface area contributed by atoms with Gasteiger partial charge in [-0.15, -0.1) is 5.10 Å². The van der Waals surface area contributed by atoms with Crippen LogP contribution in [0.3, 0.4) is 0 Å². The maximum absolute atomic E-state index is 12.5. The maximum atomic E-state index is 12.5. The van der Waals surface area contributed by atoms with Crippen LogP contribution in [-0.2, 0) is 16.6 Å². The first-order chi connectivity index (χ1) is 16.0. The number of nitrogens with one attached hydrogen (secondary N) is 1. The quantitative estimate of drug-likeness (QED) is 0.298. The standard InChI is InChI=1S/C26H23N3O3S/c1-20(28-29-26(22-9-4-2-5-10-22)23-11-6-3-7-12-23)21-14-16-25(17-15-21)33(30,31)27-19-24-13-8-18-32-24/h2-18,27H,19H2,1H3/b28-20-. The monoisotopic (exact) mass is 457 g/mol. The molecule has 0 aliphatic heterocycles. The largest absolute Gasteiger partial charge is 0.468 e. The molecular weight excluding hydrogens is 434 g/mol. The molecule has 33 heavy (non-hydrogen) atoms. The Hall–Kier alpha value is -3.81. The summed E-state index contributed by atoms with van der Waals surface area (Å²) < 4.78 is 32.8. The van der Waals surface area contributed by atoms with E-state index in [0.29, 0.717) is 11.5 Å². The van der Waals surface area contributed by atoms with Crippen molar-refractivity contribution in [3.8, 4) is 0 Å². The molecular formula is C26H23N3O3S. The van der Waals surface area contributed by atoms with E-state index in [4.69, 9.17) is 4.42 Å². The van der Waals surface area contributed by atoms with E-state index in [-0.39, 0.29) is 11.4 Å². The van der Waals surface area contributed by atoms with Crippen LogP contribution in [0, 0.1) is 0 Å². The van der Waals surface area contributed by atoms with Crippen molar-refractivity contribution in [2.45, 2.75) is 18.4 Å². The molecule has 0 radical (unpaired) electrons. The third-order valence-corrected chi connectivity index (χ3v) is 6.41. The fourth-order valence-electron chi connectivity index (χ4n) is 3.19. The normalized spacial score (nSPS) is 11.8. The lowest BCUT2D eigenvalue weighted by Crippen LogP contribution is -2.23. The van der Waals surface area contributed by atoms with Crippen LogP contribution in [0.4, 0.5) is 0 Å². The molecule has 6 nitrogen and oxygen atoms in total. The van der Waals surface area contributed by atoms with Gasteiger partial charge in [-0.2, -0.15) is 5.10 Å². The first kappa shape index (κ1) is 22.4. The molecule has 0 bridgehead atoms. The molecule has 0 aliphatic carbocycles. The van der Waals surface area contributed by atoms with Crippen molar-refractivity contribution in [3.05, 3.63) is 126 Å². The van der Waals surface area contributed by atoms with Crippen molar-refractivity contribution in [2.24, 2.45) is 10.2 Å². The predicted octanol–water partition coefficient (Wildman–Crippen LogP) is 5.02. The van der Waals surface area contributed by atoms with Crippen LogP contribution in [0.25, 0.3) is 0 Å². The fraction of sp³-hybridized carbons (Fsp3) is 0.0769. The van der Waals surface area contributed by atoms with Crippen molar-refractivity contribution in [2.75, 3.05) is 0 Å². The minimum Gasteiger partial charge on any atom is -0.468 e. The minimum atomic E-state index is -3.65. The number of benzene rings is 3. The highest BCUT2D eigenvalue weighted by Crippen LogP contribution is 2.14. The van der Waals surface area contributed by atoms with Crippen molar-refractivity contribution < 1.29 is 12.8 Å². The number of hydrogen-bond donors (Lipinski definition) is 1. The van der Waals surface area contributed by atoms with E-state index < -0.39 is 10.0 Å². The number of sulfonamides is 1. The fourth-order valence-corrected chi connectivity index (χ4v) is 4.19. The van der Waals surface area contributed by atoms with Crippen LogP contribution < -0.4 is 4.72 Å². The molecule has 7 heteroatoms. The summed E-state index contributed by atoms with van der Waals surface area (Å²) in [6.07, 6.45) is 1.50. The van der Waals surface area contributed by atoms with Gasteiger partial charge in [0.15, 0.2) is 0 Å². The lowest BCUT2D eigenvalue weighted by molar-refractivity contribution is 0.498. The van der Waals surface area contributed by atoms with Crippen LogP contribution in [0.5, 0.6) is 0 Å². The summed E-state index contributed by atoms with van der Waals surface area (Å²) in [5.74, 6) is 0.545. The summed E-state index contributed by atoms with van der Waals surface area (Å²) in [4.78, 5) is 0.170. The first-order valence-corrected chi connectivity index (χ1v) is 11.9. The van der Waals surface area contributed by atoms with Gasteiger partial charge in [-0.05, 0) is 36.8 Å². The average molecular weight is 458 g/mol. The van der Waals surface area contributed by atoms with Gasteiger partial charge in [0.25, 0.3) is 0 Å². The number of rotatable bonds is 8. The van der Waals surface area contributed by atoms with Crippen molar-refractivity contribution in [1.82, 2.24) is 4.72 Å². The van der Waals surface area contributed by atoms with E-state index in [1.54, 1.807) is 36.4 Å². The van der Waals surface area contributed by atoms with E-state index >= 15 is 0 Å². The Bertz CT molecular complexity index is 1300. The molecule has 1 aromatic heterocycles. The second-order valence-electron chi connectivity index (χ2n) is 7.29. The Morgan fingerprint density at radius 1 is 0.758 bits per heavy atom. The highest BCUT2D eigenvalue weighted by atomic mass is 32.2. The Morgan fingerprint density at radius 2 is 1.36 bits per heavy atom. The number of hydrogen-bond acceptors (Lipinski definition) is 5. The van der Waals surface area contributed by atoms with E-state index in [0.717, 1.165) is 22.4 Å². The summed E-state index contributed by atoms with van der Waals surface area (Å²) in [5, 5.41) is 8.97. The highest BCUT2D eigenvalue weighted by molar-refractivity contribution is 7.89. The molecule has 0 atom stereocenters. The lowest BCUT2D eigenvalue weighted by Gasteiger charge is -2.07. The molecule has 0 spiro atoms. The molecule has 0 fully saturated rings. The van der Waals surface area contributed by atoms with Crippen LogP contribution in [0.15, 0.2) is 123 Å². The van der Waals surface area contributed by atoms with Gasteiger partial charge in [-0.3, -0.25) is 0 Å². The van der Waals surface area contributed by atoms with Gasteiger partial charge >= 0.3 is 0 Å². The smallest absolute Gasteiger partial charge is 0.240 e. The maximum Gasteiger partial charge on any atom is 0.240 e. The van der Waals surface area contributed by atoms with E-state index in [9.17, 15) is 8.42 Å². The Balaban J connectivity index is 1.56. The Kier molecular flexibility index (Phi) is 6.92. The zero-order chi connectivity index (χ0) is 23.1. The van der Waals surface area contributed by atoms with Gasteiger partial charge in [-0.1, -0.05) is 72.8 Å². The van der Waals surface area contributed by atoms with Crippen molar-refractivity contribution >= 4 is 21.4 Å². The molecule has 0 saturated carbocycles. The average Bonchev–Trinajstić information content (AvgIpc) is 3.38. The summed E-state index contributed by atoms with van der Waals surface area (Å²) >= 11 is 0. The molecule has 0 saturated heterocycles. The molecule has 1 N–H and O–H groups in total. The summed E-state index contributed by atoms with van der Waals surface area (Å²) in [6, 6.07) is 29.7. The number of furan rings is 1. The Labute approximate surface area is 193 Å². The van der Waals surface area contributed by atoms with Crippen LogP contribution in [0.2, 0.25) is 0 Å². The molecule has 0 aliphatic rings. The first-order valence-electron chi connectivity index (χ1n) is 10.4. The predicted molar refractivity (Wildman–Crippen MR) is 130 cm³/mol. The molecule has 0 unspecified atom stereocenters. The van der Waals surface area contributed by atoms with Gasteiger partial charge in [0.2, 0.25) is 10.0 Å². The van der Waals surface area contributed by atoms with Gasteiger partial charge in [0.05, 0.1) is 23.4 Å². The second-order valence-corrected chi connectivity index (χ2v) is 9.06. The van der Waals surface area contributed by atoms with Gasteiger partial charge in [0, 0.05) is 11.1 Å². The highest BCUT2D eigenvalue weighted by Gasteiger charge is 2.14. The third kappa shape index (κ3) is 5.71. The van der Waals surface area contributed by atoms with Crippen LogP contribution in [0.1, 0.15) is 29.4 Å². The summed E-state index contributed by atoms with van der Waals surface area (Å²) in [6.45, 7) is 1.93. The SMILES string of the molecule is C/C(=N/N=C(c1ccccc1)c1ccccc1)c1ccc(S(=O)(=O)NCc2ccco2)cc1. The van der Waals surface area contributed by atoms with E-state index in [1.807, 2.05) is 67.6 Å². The molecule has 4 rings (SSSR count). The molecule has 0 amide bonds. The Morgan fingerprint density at radius 3 is 1.91 bits per heavy atom. The zero-order valence-corrected chi connectivity index (χ0v) is 18.9. The minimum absolute atomic E-state index is 0.0913. The van der Waals surface area contributed by atoms with Gasteiger partial charge in [0.1, 0.15) is 11.5 Å². The van der Waals surface area contributed by atoms with Crippen molar-refractivity contribution in [3.63, 3.8) is 0 Å². The summed E-state index contributed by atoms with van der Waals surface area (Å²) in [7, 11) is -3.65.